The molecule has 0 saturated carbocycles. The van der Waals surface area contributed by atoms with Gasteiger partial charge < -0.3 is 15.5 Å². The number of aryl methyl sites for hydroxylation is 1. The van der Waals surface area contributed by atoms with Gasteiger partial charge in [0.2, 0.25) is 5.91 Å². The Morgan fingerprint density at radius 2 is 1.79 bits per heavy atom. The van der Waals surface area contributed by atoms with Crippen molar-refractivity contribution in [2.24, 2.45) is 5.92 Å². The fourth-order valence-electron chi connectivity index (χ4n) is 4.39. The van der Waals surface area contributed by atoms with E-state index in [1.165, 1.54) is 24.0 Å². The SMILES string of the molecule is O=C(Nc1cccc2c1CCCC2)C1CCCN(C(=O)NCc2ccccc2)C1. The molecule has 1 atom stereocenters. The van der Waals surface area contributed by atoms with E-state index in [1.54, 1.807) is 4.90 Å². The molecule has 0 aromatic heterocycles. The van der Waals surface area contributed by atoms with E-state index in [-0.39, 0.29) is 17.9 Å². The molecule has 1 saturated heterocycles. The molecule has 2 aromatic carbocycles. The number of anilines is 1. The Labute approximate surface area is 172 Å². The molecule has 2 N–H and O–H groups in total. The molecule has 2 aliphatic rings. The number of nitrogens with one attached hydrogen (secondary N) is 2. The van der Waals surface area contributed by atoms with Crippen LogP contribution in [0.4, 0.5) is 10.5 Å². The molecule has 29 heavy (non-hydrogen) atoms. The fraction of sp³-hybridized carbons (Fsp3) is 0.417. The maximum Gasteiger partial charge on any atom is 0.317 e. The van der Waals surface area contributed by atoms with E-state index in [4.69, 9.17) is 0 Å². The van der Waals surface area contributed by atoms with Gasteiger partial charge in [0.05, 0.1) is 5.92 Å². The van der Waals surface area contributed by atoms with Crippen molar-refractivity contribution in [3.05, 3.63) is 65.2 Å². The van der Waals surface area contributed by atoms with Crippen LogP contribution in [0.2, 0.25) is 0 Å². The van der Waals surface area contributed by atoms with Crippen LogP contribution in [0.3, 0.4) is 0 Å². The summed E-state index contributed by atoms with van der Waals surface area (Å²) in [6.45, 7) is 1.68. The number of hydrogen-bond donors (Lipinski definition) is 2. The minimum absolute atomic E-state index is 0.0320. The van der Waals surface area contributed by atoms with E-state index in [0.29, 0.717) is 19.6 Å². The molecule has 5 nitrogen and oxygen atoms in total. The van der Waals surface area contributed by atoms with Crippen molar-refractivity contribution < 1.29 is 9.59 Å². The van der Waals surface area contributed by atoms with E-state index in [0.717, 1.165) is 36.9 Å². The van der Waals surface area contributed by atoms with Crippen molar-refractivity contribution >= 4 is 17.6 Å². The average molecular weight is 392 g/mol. The van der Waals surface area contributed by atoms with E-state index in [1.807, 2.05) is 42.5 Å². The number of piperidine rings is 1. The smallest absolute Gasteiger partial charge is 0.317 e. The van der Waals surface area contributed by atoms with Crippen LogP contribution in [0.1, 0.15) is 42.4 Å². The van der Waals surface area contributed by atoms with E-state index in [9.17, 15) is 9.59 Å². The third kappa shape index (κ3) is 4.78. The first-order valence-corrected chi connectivity index (χ1v) is 10.7. The summed E-state index contributed by atoms with van der Waals surface area (Å²) in [5.41, 5.74) is 4.68. The Hall–Kier alpha value is -2.82. The molecule has 1 fully saturated rings. The monoisotopic (exact) mass is 391 g/mol. The molecule has 1 aliphatic heterocycles. The van der Waals surface area contributed by atoms with Gasteiger partial charge in [0.1, 0.15) is 0 Å². The number of benzene rings is 2. The summed E-state index contributed by atoms with van der Waals surface area (Å²) in [5, 5.41) is 6.13. The predicted octanol–water partition coefficient (Wildman–Crippen LogP) is 4.13. The van der Waals surface area contributed by atoms with Gasteiger partial charge in [-0.15, -0.1) is 0 Å². The first-order valence-electron chi connectivity index (χ1n) is 10.7. The van der Waals surface area contributed by atoms with E-state index < -0.39 is 0 Å². The highest BCUT2D eigenvalue weighted by molar-refractivity contribution is 5.94. The highest BCUT2D eigenvalue weighted by atomic mass is 16.2. The lowest BCUT2D eigenvalue weighted by Gasteiger charge is -2.32. The van der Waals surface area contributed by atoms with Gasteiger partial charge in [-0.2, -0.15) is 0 Å². The summed E-state index contributed by atoms with van der Waals surface area (Å²) in [7, 11) is 0. The second-order valence-corrected chi connectivity index (χ2v) is 8.07. The number of amides is 3. The lowest BCUT2D eigenvalue weighted by molar-refractivity contribution is -0.121. The van der Waals surface area contributed by atoms with Crippen molar-refractivity contribution in [2.75, 3.05) is 18.4 Å². The zero-order chi connectivity index (χ0) is 20.1. The maximum absolute atomic E-state index is 12.9. The summed E-state index contributed by atoms with van der Waals surface area (Å²) in [6, 6.07) is 16.0. The van der Waals surface area contributed by atoms with Crippen LogP contribution in [0.5, 0.6) is 0 Å². The van der Waals surface area contributed by atoms with Gasteiger partial charge >= 0.3 is 6.03 Å². The Kier molecular flexibility index (Phi) is 6.13. The van der Waals surface area contributed by atoms with Gasteiger partial charge in [-0.25, -0.2) is 4.79 Å². The van der Waals surface area contributed by atoms with Crippen molar-refractivity contribution in [1.29, 1.82) is 0 Å². The number of carbonyl (C=O) groups excluding carboxylic acids is 2. The minimum atomic E-state index is -0.161. The summed E-state index contributed by atoms with van der Waals surface area (Å²) in [4.78, 5) is 27.3. The molecule has 4 rings (SSSR count). The van der Waals surface area contributed by atoms with Gasteiger partial charge in [-0.1, -0.05) is 42.5 Å². The maximum atomic E-state index is 12.9. The first kappa shape index (κ1) is 19.5. The molecular weight excluding hydrogens is 362 g/mol. The van der Waals surface area contributed by atoms with Crippen LogP contribution >= 0.6 is 0 Å². The van der Waals surface area contributed by atoms with Crippen LogP contribution in [0.15, 0.2) is 48.5 Å². The zero-order valence-corrected chi connectivity index (χ0v) is 16.8. The molecule has 0 radical (unpaired) electrons. The standard InChI is InChI=1S/C24H29N3O2/c28-23(26-22-14-6-11-19-10-4-5-13-21(19)22)20-12-7-15-27(17-20)24(29)25-16-18-8-2-1-3-9-18/h1-3,6,8-9,11,14,20H,4-5,7,10,12-13,15-17H2,(H,25,29)(H,26,28). The Bertz CT molecular complexity index is 866. The molecule has 1 heterocycles. The summed E-state index contributed by atoms with van der Waals surface area (Å²) in [6.07, 6.45) is 6.20. The average Bonchev–Trinajstić information content (AvgIpc) is 2.78. The van der Waals surface area contributed by atoms with Gasteiger partial charge in [0, 0.05) is 25.3 Å². The number of rotatable bonds is 4. The molecular formula is C24H29N3O2. The summed E-state index contributed by atoms with van der Waals surface area (Å²) in [5.74, 6) is -0.129. The molecule has 0 bridgehead atoms. The summed E-state index contributed by atoms with van der Waals surface area (Å²) >= 11 is 0. The van der Waals surface area contributed by atoms with Crippen LogP contribution in [-0.2, 0) is 24.2 Å². The third-order valence-corrected chi connectivity index (χ3v) is 6.02. The second kappa shape index (κ2) is 9.12. The third-order valence-electron chi connectivity index (χ3n) is 6.02. The van der Waals surface area contributed by atoms with Crippen molar-refractivity contribution in [3.63, 3.8) is 0 Å². The molecule has 0 spiro atoms. The molecule has 152 valence electrons. The predicted molar refractivity (Wildman–Crippen MR) is 115 cm³/mol. The molecule has 1 unspecified atom stereocenters. The highest BCUT2D eigenvalue weighted by Crippen LogP contribution is 2.29. The van der Waals surface area contributed by atoms with Crippen molar-refractivity contribution in [3.8, 4) is 0 Å². The zero-order valence-electron chi connectivity index (χ0n) is 16.8. The lowest BCUT2D eigenvalue weighted by atomic mass is 9.90. The number of likely N-dealkylation sites (tertiary alicyclic amines) is 1. The number of fused-ring (bicyclic) bond motifs is 1. The van der Waals surface area contributed by atoms with Gasteiger partial charge in [-0.05, 0) is 61.3 Å². The normalized spacial score (nSPS) is 18.6. The fourth-order valence-corrected chi connectivity index (χ4v) is 4.39. The lowest BCUT2D eigenvalue weighted by Crippen LogP contribution is -2.47. The number of urea groups is 1. The van der Waals surface area contributed by atoms with E-state index >= 15 is 0 Å². The quantitative estimate of drug-likeness (QED) is 0.823. The minimum Gasteiger partial charge on any atom is -0.334 e. The van der Waals surface area contributed by atoms with Crippen LogP contribution in [-0.4, -0.2) is 29.9 Å². The largest absolute Gasteiger partial charge is 0.334 e. The Morgan fingerprint density at radius 3 is 2.66 bits per heavy atom. The van der Waals surface area contributed by atoms with Gasteiger partial charge in [-0.3, -0.25) is 4.79 Å². The van der Waals surface area contributed by atoms with Crippen molar-refractivity contribution in [1.82, 2.24) is 10.2 Å². The second-order valence-electron chi connectivity index (χ2n) is 8.07. The first-order chi connectivity index (χ1) is 14.2. The van der Waals surface area contributed by atoms with Crippen molar-refractivity contribution in [2.45, 2.75) is 45.1 Å². The molecule has 3 amide bonds. The highest BCUT2D eigenvalue weighted by Gasteiger charge is 2.29. The molecule has 5 heteroatoms. The molecule has 2 aromatic rings. The number of carbonyl (C=O) groups is 2. The topological polar surface area (TPSA) is 61.4 Å². The molecule has 1 aliphatic carbocycles. The van der Waals surface area contributed by atoms with Gasteiger partial charge in [0.25, 0.3) is 0 Å². The number of hydrogen-bond acceptors (Lipinski definition) is 2. The van der Waals surface area contributed by atoms with E-state index in [2.05, 4.69) is 16.7 Å². The van der Waals surface area contributed by atoms with Crippen LogP contribution in [0, 0.1) is 5.92 Å². The number of nitrogens with zero attached hydrogens (tertiary/aromatic N) is 1. The Balaban J connectivity index is 1.34. The Morgan fingerprint density at radius 1 is 0.966 bits per heavy atom. The van der Waals surface area contributed by atoms with Crippen LogP contribution in [0.25, 0.3) is 0 Å². The van der Waals surface area contributed by atoms with Gasteiger partial charge in [0.15, 0.2) is 0 Å². The summed E-state index contributed by atoms with van der Waals surface area (Å²) < 4.78 is 0. The van der Waals surface area contributed by atoms with Crippen LogP contribution < -0.4 is 10.6 Å².